The van der Waals surface area contributed by atoms with Gasteiger partial charge in [-0.1, -0.05) is 6.07 Å². The third-order valence-corrected chi connectivity index (χ3v) is 3.66. The largest absolute Gasteiger partial charge is 0.324 e. The molecule has 0 saturated carbocycles. The molecule has 1 fully saturated rings. The number of nitro benzene ring substituents is 1. The lowest BCUT2D eigenvalue weighted by Gasteiger charge is -2.12. The monoisotopic (exact) mass is 267 g/mol. The predicted octanol–water partition coefficient (Wildman–Crippen LogP) is 1.50. The van der Waals surface area contributed by atoms with Crippen LogP contribution in [0, 0.1) is 17.0 Å². The number of carbonyl (C=O) groups excluding carboxylic acids is 1. The van der Waals surface area contributed by atoms with E-state index in [1.54, 1.807) is 24.8 Å². The number of rotatable bonds is 3. The molecule has 1 saturated heterocycles. The maximum Gasteiger partial charge on any atom is 0.271 e. The average molecular weight is 267 g/mol. The number of amides is 1. The van der Waals surface area contributed by atoms with Gasteiger partial charge in [-0.05, 0) is 12.5 Å². The lowest BCUT2D eigenvalue weighted by Crippen LogP contribution is -2.37. The lowest BCUT2D eigenvalue weighted by molar-refractivity contribution is -0.384. The molecule has 1 aliphatic rings. The van der Waals surface area contributed by atoms with Gasteiger partial charge >= 0.3 is 0 Å². The summed E-state index contributed by atoms with van der Waals surface area (Å²) in [5, 5.41) is 16.5. The van der Waals surface area contributed by atoms with E-state index in [4.69, 9.17) is 0 Å². The Hall–Kier alpha value is -1.60. The van der Waals surface area contributed by atoms with Gasteiger partial charge in [-0.25, -0.2) is 0 Å². The van der Waals surface area contributed by atoms with Crippen LogP contribution >= 0.6 is 11.8 Å². The van der Waals surface area contributed by atoms with Crippen LogP contribution in [0.1, 0.15) is 5.56 Å². The summed E-state index contributed by atoms with van der Waals surface area (Å²) < 4.78 is 0. The third kappa shape index (κ3) is 2.80. The number of anilines is 1. The number of hydrogen-bond donors (Lipinski definition) is 2. The van der Waals surface area contributed by atoms with Crippen LogP contribution in [-0.4, -0.2) is 28.5 Å². The van der Waals surface area contributed by atoms with Gasteiger partial charge in [0.15, 0.2) is 0 Å². The van der Waals surface area contributed by atoms with Crippen molar-refractivity contribution in [2.75, 3.05) is 16.9 Å². The first-order chi connectivity index (χ1) is 8.58. The highest BCUT2D eigenvalue weighted by molar-refractivity contribution is 7.99. The van der Waals surface area contributed by atoms with Gasteiger partial charge in [-0.15, -0.1) is 11.8 Å². The van der Waals surface area contributed by atoms with Gasteiger partial charge in [0.25, 0.3) is 5.69 Å². The van der Waals surface area contributed by atoms with Crippen molar-refractivity contribution in [1.29, 1.82) is 0 Å². The topological polar surface area (TPSA) is 84.3 Å². The van der Waals surface area contributed by atoms with Crippen molar-refractivity contribution in [2.24, 2.45) is 0 Å². The second-order valence-corrected chi connectivity index (χ2v) is 5.05. The maximum absolute atomic E-state index is 11.9. The summed E-state index contributed by atoms with van der Waals surface area (Å²) in [7, 11) is 0. The summed E-state index contributed by atoms with van der Waals surface area (Å²) >= 11 is 1.65. The molecule has 18 heavy (non-hydrogen) atoms. The van der Waals surface area contributed by atoms with Gasteiger partial charge in [0.2, 0.25) is 5.91 Å². The van der Waals surface area contributed by atoms with Crippen LogP contribution in [0.4, 0.5) is 11.4 Å². The molecule has 96 valence electrons. The zero-order chi connectivity index (χ0) is 13.1. The minimum Gasteiger partial charge on any atom is -0.324 e. The van der Waals surface area contributed by atoms with Crippen molar-refractivity contribution in [3.8, 4) is 0 Å². The molecule has 1 unspecified atom stereocenters. The van der Waals surface area contributed by atoms with Crippen LogP contribution in [0.15, 0.2) is 18.2 Å². The molecule has 1 heterocycles. The molecular weight excluding hydrogens is 254 g/mol. The fourth-order valence-electron chi connectivity index (χ4n) is 1.64. The second-order valence-electron chi connectivity index (χ2n) is 4.02. The summed E-state index contributed by atoms with van der Waals surface area (Å²) in [6, 6.07) is 4.21. The number of nitrogens with one attached hydrogen (secondary N) is 2. The van der Waals surface area contributed by atoms with Crippen LogP contribution in [-0.2, 0) is 4.79 Å². The van der Waals surface area contributed by atoms with Crippen LogP contribution in [0.25, 0.3) is 0 Å². The van der Waals surface area contributed by atoms with Crippen LogP contribution in [0.5, 0.6) is 0 Å². The molecular formula is C11H13N3O3S. The van der Waals surface area contributed by atoms with Gasteiger partial charge < -0.3 is 5.32 Å². The van der Waals surface area contributed by atoms with E-state index >= 15 is 0 Å². The second kappa shape index (κ2) is 5.36. The Morgan fingerprint density at radius 1 is 1.61 bits per heavy atom. The normalized spacial score (nSPS) is 18.6. The molecule has 1 aromatic rings. The number of benzene rings is 1. The van der Waals surface area contributed by atoms with Crippen molar-refractivity contribution in [2.45, 2.75) is 13.0 Å². The molecule has 0 aromatic heterocycles. The van der Waals surface area contributed by atoms with E-state index in [0.717, 1.165) is 17.2 Å². The standard InChI is InChI=1S/C11H13N3O3S/c1-7-2-3-8(14(16)17)4-9(7)13-11(15)10-5-18-6-12-10/h2-4,10,12H,5-6H2,1H3,(H,13,15). The highest BCUT2D eigenvalue weighted by Gasteiger charge is 2.23. The van der Waals surface area contributed by atoms with Gasteiger partial charge in [-0.3, -0.25) is 20.2 Å². The number of nitro groups is 1. The van der Waals surface area contributed by atoms with Crippen molar-refractivity contribution >= 4 is 29.0 Å². The number of non-ortho nitro benzene ring substituents is 1. The Kier molecular flexibility index (Phi) is 3.83. The fraction of sp³-hybridized carbons (Fsp3) is 0.364. The Labute approximate surface area is 108 Å². The van der Waals surface area contributed by atoms with Crippen molar-refractivity contribution in [3.63, 3.8) is 0 Å². The summed E-state index contributed by atoms with van der Waals surface area (Å²) in [5.74, 6) is 1.33. The maximum atomic E-state index is 11.9. The summed E-state index contributed by atoms with van der Waals surface area (Å²) in [4.78, 5) is 22.1. The SMILES string of the molecule is Cc1ccc([N+](=O)[O-])cc1NC(=O)C1CSCN1. The predicted molar refractivity (Wildman–Crippen MR) is 70.7 cm³/mol. The summed E-state index contributed by atoms with van der Waals surface area (Å²) in [5.41, 5.74) is 1.28. The van der Waals surface area contributed by atoms with Crippen molar-refractivity contribution < 1.29 is 9.72 Å². The van der Waals surface area contributed by atoms with Gasteiger partial charge in [0.1, 0.15) is 0 Å². The first kappa shape index (κ1) is 12.8. The Morgan fingerprint density at radius 3 is 3.00 bits per heavy atom. The first-order valence-corrected chi connectivity index (χ1v) is 6.60. The van der Waals surface area contributed by atoms with E-state index in [0.29, 0.717) is 5.69 Å². The highest BCUT2D eigenvalue weighted by atomic mass is 32.2. The minimum atomic E-state index is -0.473. The van der Waals surface area contributed by atoms with Crippen molar-refractivity contribution in [3.05, 3.63) is 33.9 Å². The quantitative estimate of drug-likeness (QED) is 0.640. The average Bonchev–Trinajstić information content (AvgIpc) is 2.85. The molecule has 0 radical (unpaired) electrons. The third-order valence-electron chi connectivity index (χ3n) is 2.72. The van der Waals surface area contributed by atoms with E-state index in [-0.39, 0.29) is 17.6 Å². The molecule has 0 spiro atoms. The molecule has 1 aliphatic heterocycles. The fourth-order valence-corrected chi connectivity index (χ4v) is 2.58. The summed E-state index contributed by atoms with van der Waals surface area (Å²) in [6.07, 6.45) is 0. The number of carbonyl (C=O) groups is 1. The number of aryl methyl sites for hydroxylation is 1. The molecule has 2 N–H and O–H groups in total. The molecule has 2 rings (SSSR count). The molecule has 0 aliphatic carbocycles. The lowest BCUT2D eigenvalue weighted by atomic mass is 10.1. The first-order valence-electron chi connectivity index (χ1n) is 5.45. The zero-order valence-corrected chi connectivity index (χ0v) is 10.6. The highest BCUT2D eigenvalue weighted by Crippen LogP contribution is 2.22. The van der Waals surface area contributed by atoms with E-state index in [1.807, 2.05) is 0 Å². The Balaban J connectivity index is 2.14. The molecule has 1 atom stereocenters. The van der Waals surface area contributed by atoms with E-state index in [2.05, 4.69) is 10.6 Å². The Bertz CT molecular complexity index is 486. The number of hydrogen-bond acceptors (Lipinski definition) is 5. The van der Waals surface area contributed by atoms with Crippen molar-refractivity contribution in [1.82, 2.24) is 5.32 Å². The van der Waals surface area contributed by atoms with Crippen LogP contribution in [0.3, 0.4) is 0 Å². The Morgan fingerprint density at radius 2 is 2.39 bits per heavy atom. The number of nitrogens with zero attached hydrogens (tertiary/aromatic N) is 1. The molecule has 7 heteroatoms. The van der Waals surface area contributed by atoms with E-state index in [1.165, 1.54) is 12.1 Å². The summed E-state index contributed by atoms with van der Waals surface area (Å²) in [6.45, 7) is 1.80. The molecule has 1 aromatic carbocycles. The minimum absolute atomic E-state index is 0.0235. The van der Waals surface area contributed by atoms with Gasteiger partial charge in [0.05, 0.1) is 16.7 Å². The van der Waals surface area contributed by atoms with Crippen LogP contribution < -0.4 is 10.6 Å². The molecule has 6 nitrogen and oxygen atoms in total. The molecule has 1 amide bonds. The van der Waals surface area contributed by atoms with Gasteiger partial charge in [0, 0.05) is 23.8 Å². The zero-order valence-electron chi connectivity index (χ0n) is 9.80. The van der Waals surface area contributed by atoms with E-state index in [9.17, 15) is 14.9 Å². The molecule has 0 bridgehead atoms. The van der Waals surface area contributed by atoms with E-state index < -0.39 is 4.92 Å². The van der Waals surface area contributed by atoms with Crippen LogP contribution in [0.2, 0.25) is 0 Å². The smallest absolute Gasteiger partial charge is 0.271 e. The number of thioether (sulfide) groups is 1. The van der Waals surface area contributed by atoms with Gasteiger partial charge in [-0.2, -0.15) is 0 Å².